The largest absolute Gasteiger partial charge is 0.348 e. The smallest absolute Gasteiger partial charge is 0.333 e. The summed E-state index contributed by atoms with van der Waals surface area (Å²) in [5.74, 6) is -0.972. The standard InChI is InChI=1S/C20H22FN5O3S/c1-2-8-25-18(28)16-17(23-19(30-16)24-9-3-4-10-24)26(20(25)29)12-15(27)22-14-7-5-6-13(21)11-14/h5-7,11H,2-4,8-10,12H2,1H3,(H,22,27). The van der Waals surface area contributed by atoms with E-state index >= 15 is 0 Å². The number of nitrogens with one attached hydrogen (secondary N) is 1. The molecule has 1 saturated heterocycles. The van der Waals surface area contributed by atoms with E-state index in [1.807, 2.05) is 6.92 Å². The third-order valence-electron chi connectivity index (χ3n) is 4.99. The molecule has 10 heteroatoms. The highest BCUT2D eigenvalue weighted by molar-refractivity contribution is 7.22. The first kappa shape index (κ1) is 20.3. The summed E-state index contributed by atoms with van der Waals surface area (Å²) in [6.07, 6.45) is 2.71. The number of rotatable bonds is 6. The van der Waals surface area contributed by atoms with Gasteiger partial charge in [0.05, 0.1) is 0 Å². The van der Waals surface area contributed by atoms with Gasteiger partial charge in [0.1, 0.15) is 17.1 Å². The van der Waals surface area contributed by atoms with Crippen molar-refractivity contribution in [2.75, 3.05) is 23.3 Å². The van der Waals surface area contributed by atoms with Crippen LogP contribution in [0.3, 0.4) is 0 Å². The van der Waals surface area contributed by atoms with Crippen molar-refractivity contribution < 1.29 is 9.18 Å². The Bertz CT molecular complexity index is 1210. The fourth-order valence-corrected chi connectivity index (χ4v) is 4.66. The lowest BCUT2D eigenvalue weighted by Crippen LogP contribution is -2.41. The first-order chi connectivity index (χ1) is 14.5. The van der Waals surface area contributed by atoms with Gasteiger partial charge in [-0.05, 0) is 37.5 Å². The molecular weight excluding hydrogens is 409 g/mol. The Morgan fingerprint density at radius 1 is 1.23 bits per heavy atom. The second kappa shape index (κ2) is 8.39. The Morgan fingerprint density at radius 2 is 2.00 bits per heavy atom. The molecule has 30 heavy (non-hydrogen) atoms. The molecule has 2 aromatic heterocycles. The Morgan fingerprint density at radius 3 is 2.70 bits per heavy atom. The number of anilines is 2. The molecule has 0 bridgehead atoms. The van der Waals surface area contributed by atoms with Crippen LogP contribution in [0.2, 0.25) is 0 Å². The molecule has 1 aliphatic heterocycles. The average molecular weight is 431 g/mol. The van der Waals surface area contributed by atoms with Crippen molar-refractivity contribution in [3.63, 3.8) is 0 Å². The van der Waals surface area contributed by atoms with Crippen molar-refractivity contribution >= 4 is 38.4 Å². The van der Waals surface area contributed by atoms with Gasteiger partial charge in [-0.3, -0.25) is 18.7 Å². The van der Waals surface area contributed by atoms with Gasteiger partial charge in [0.2, 0.25) is 5.91 Å². The molecule has 3 heterocycles. The summed E-state index contributed by atoms with van der Waals surface area (Å²) in [5, 5.41) is 3.28. The topological polar surface area (TPSA) is 89.2 Å². The van der Waals surface area contributed by atoms with Gasteiger partial charge in [0, 0.05) is 25.3 Å². The monoisotopic (exact) mass is 431 g/mol. The van der Waals surface area contributed by atoms with E-state index in [4.69, 9.17) is 0 Å². The highest BCUT2D eigenvalue weighted by Crippen LogP contribution is 2.28. The molecule has 1 fully saturated rings. The minimum absolute atomic E-state index is 0.221. The number of carbonyl (C=O) groups is 1. The summed E-state index contributed by atoms with van der Waals surface area (Å²) >= 11 is 1.26. The number of thiazole rings is 1. The summed E-state index contributed by atoms with van der Waals surface area (Å²) in [6.45, 7) is 3.52. The van der Waals surface area contributed by atoms with Crippen LogP contribution in [-0.2, 0) is 17.9 Å². The Kier molecular flexibility index (Phi) is 5.67. The third kappa shape index (κ3) is 3.87. The second-order valence-corrected chi connectivity index (χ2v) is 8.20. The quantitative estimate of drug-likeness (QED) is 0.648. The summed E-state index contributed by atoms with van der Waals surface area (Å²) in [5.41, 5.74) is -0.426. The molecule has 0 aliphatic carbocycles. The molecular formula is C20H22FN5O3S. The number of benzene rings is 1. The van der Waals surface area contributed by atoms with Gasteiger partial charge in [-0.2, -0.15) is 0 Å². The molecule has 1 aromatic carbocycles. The lowest BCUT2D eigenvalue weighted by atomic mass is 10.3. The fraction of sp³-hybridized carbons (Fsp3) is 0.400. The first-order valence-corrected chi connectivity index (χ1v) is 10.7. The van der Waals surface area contributed by atoms with E-state index in [0.29, 0.717) is 21.9 Å². The van der Waals surface area contributed by atoms with Crippen LogP contribution >= 0.6 is 11.3 Å². The van der Waals surface area contributed by atoms with Gasteiger partial charge < -0.3 is 10.2 Å². The molecule has 158 valence electrons. The molecule has 1 N–H and O–H groups in total. The number of nitrogens with zero attached hydrogens (tertiary/aromatic N) is 4. The van der Waals surface area contributed by atoms with E-state index in [1.165, 1.54) is 34.1 Å². The minimum atomic E-state index is -0.568. The number of hydrogen-bond donors (Lipinski definition) is 1. The maximum absolute atomic E-state index is 13.4. The fourth-order valence-electron chi connectivity index (χ4n) is 3.59. The molecule has 0 spiro atoms. The van der Waals surface area contributed by atoms with Gasteiger partial charge in [-0.1, -0.05) is 24.3 Å². The van der Waals surface area contributed by atoms with Gasteiger partial charge in [-0.25, -0.2) is 14.2 Å². The Labute approximate surface area is 175 Å². The van der Waals surface area contributed by atoms with Gasteiger partial charge in [-0.15, -0.1) is 0 Å². The van der Waals surface area contributed by atoms with Crippen LogP contribution < -0.4 is 21.5 Å². The molecule has 0 saturated carbocycles. The molecule has 1 aliphatic rings. The predicted octanol–water partition coefficient (Wildman–Crippen LogP) is 2.41. The van der Waals surface area contributed by atoms with E-state index < -0.39 is 17.4 Å². The first-order valence-electron chi connectivity index (χ1n) is 9.92. The number of fused-ring (bicyclic) bond motifs is 1. The molecule has 1 amide bonds. The lowest BCUT2D eigenvalue weighted by molar-refractivity contribution is -0.116. The van der Waals surface area contributed by atoms with E-state index in [-0.39, 0.29) is 24.3 Å². The minimum Gasteiger partial charge on any atom is -0.348 e. The average Bonchev–Trinajstić information content (AvgIpc) is 3.38. The zero-order valence-electron chi connectivity index (χ0n) is 16.6. The third-order valence-corrected chi connectivity index (χ3v) is 6.08. The van der Waals surface area contributed by atoms with Crippen LogP contribution in [0.1, 0.15) is 26.2 Å². The number of amides is 1. The zero-order valence-corrected chi connectivity index (χ0v) is 17.4. The summed E-state index contributed by atoms with van der Waals surface area (Å²) in [7, 11) is 0. The molecule has 8 nitrogen and oxygen atoms in total. The van der Waals surface area contributed by atoms with Crippen molar-refractivity contribution in [3.05, 3.63) is 50.9 Å². The molecule has 0 atom stereocenters. The molecule has 4 rings (SSSR count). The number of carbonyl (C=O) groups excluding carboxylic acids is 1. The highest BCUT2D eigenvalue weighted by atomic mass is 32.1. The van der Waals surface area contributed by atoms with E-state index in [1.54, 1.807) is 6.07 Å². The Balaban J connectivity index is 1.75. The predicted molar refractivity (Wildman–Crippen MR) is 115 cm³/mol. The number of halogens is 1. The van der Waals surface area contributed by atoms with Crippen LogP contribution in [0.4, 0.5) is 15.2 Å². The van der Waals surface area contributed by atoms with Crippen molar-refractivity contribution in [1.29, 1.82) is 0 Å². The van der Waals surface area contributed by atoms with Crippen molar-refractivity contribution in [2.24, 2.45) is 0 Å². The highest BCUT2D eigenvalue weighted by Gasteiger charge is 2.23. The van der Waals surface area contributed by atoms with E-state index in [2.05, 4.69) is 15.2 Å². The van der Waals surface area contributed by atoms with Crippen molar-refractivity contribution in [2.45, 2.75) is 39.3 Å². The number of aromatic nitrogens is 3. The van der Waals surface area contributed by atoms with Gasteiger partial charge in [0.15, 0.2) is 10.8 Å². The van der Waals surface area contributed by atoms with Crippen LogP contribution in [-0.4, -0.2) is 33.1 Å². The van der Waals surface area contributed by atoms with E-state index in [9.17, 15) is 18.8 Å². The molecule has 0 unspecified atom stereocenters. The summed E-state index contributed by atoms with van der Waals surface area (Å²) in [4.78, 5) is 45.1. The van der Waals surface area contributed by atoms with Gasteiger partial charge >= 0.3 is 5.69 Å². The SMILES string of the molecule is CCCn1c(=O)c2sc(N3CCCC3)nc2n(CC(=O)Nc2cccc(F)c2)c1=O. The van der Waals surface area contributed by atoms with Gasteiger partial charge in [0.25, 0.3) is 5.56 Å². The summed E-state index contributed by atoms with van der Waals surface area (Å²) in [6, 6.07) is 5.52. The van der Waals surface area contributed by atoms with Crippen LogP contribution in [0, 0.1) is 5.82 Å². The van der Waals surface area contributed by atoms with Crippen LogP contribution in [0.25, 0.3) is 10.3 Å². The van der Waals surface area contributed by atoms with Crippen LogP contribution in [0.15, 0.2) is 33.9 Å². The maximum atomic E-state index is 13.4. The molecule has 0 radical (unpaired) electrons. The zero-order chi connectivity index (χ0) is 21.3. The van der Waals surface area contributed by atoms with Crippen molar-refractivity contribution in [3.8, 4) is 0 Å². The maximum Gasteiger partial charge on any atom is 0.333 e. The second-order valence-electron chi connectivity index (χ2n) is 7.23. The summed E-state index contributed by atoms with van der Waals surface area (Å²) < 4.78 is 16.1. The van der Waals surface area contributed by atoms with Crippen molar-refractivity contribution in [1.82, 2.24) is 14.1 Å². The lowest BCUT2D eigenvalue weighted by Gasteiger charge is -2.12. The van der Waals surface area contributed by atoms with Crippen LogP contribution in [0.5, 0.6) is 0 Å². The van der Waals surface area contributed by atoms with E-state index in [0.717, 1.165) is 30.5 Å². The Hall–Kier alpha value is -3.01. The molecule has 3 aromatic rings. The number of hydrogen-bond acceptors (Lipinski definition) is 6. The normalized spacial score (nSPS) is 13.9.